The molecule has 0 aliphatic carbocycles. The zero-order valence-corrected chi connectivity index (χ0v) is 71.8. The van der Waals surface area contributed by atoms with Crippen molar-refractivity contribution < 1.29 is 18.3 Å². The molecule has 0 aliphatic rings. The molecule has 11 aromatic rings. The number of pyridine rings is 2. The van der Waals surface area contributed by atoms with E-state index in [0.29, 0.717) is 46.2 Å². The van der Waals surface area contributed by atoms with Gasteiger partial charge in [0.15, 0.2) is 5.89 Å². The molecule has 0 spiro atoms. The monoisotopic (exact) mass is 1590 g/mol. The highest BCUT2D eigenvalue weighted by atomic mass is 35.5. The zero-order valence-electron chi connectivity index (χ0n) is 67.2. The second kappa shape index (κ2) is 59.8. The third-order valence-corrected chi connectivity index (χ3v) is 19.9. The Bertz CT molecular complexity index is 3880. The van der Waals surface area contributed by atoms with Crippen molar-refractivity contribution in [2.45, 2.75) is 191 Å². The van der Waals surface area contributed by atoms with Crippen molar-refractivity contribution in [3.63, 3.8) is 0 Å². The fraction of sp³-hybridized carbons (Fsp3) is 0.355. The van der Waals surface area contributed by atoms with Gasteiger partial charge in [0.05, 0.1) is 22.8 Å². The topological polar surface area (TPSA) is 105 Å². The molecule has 4 aromatic heterocycles. The van der Waals surface area contributed by atoms with E-state index in [-0.39, 0.29) is 11.7 Å². The number of hydrogen-bond donors (Lipinski definition) is 2. The van der Waals surface area contributed by atoms with Gasteiger partial charge in [0.2, 0.25) is 0 Å². The third kappa shape index (κ3) is 42.1. The lowest BCUT2D eigenvalue weighted by atomic mass is 9.99. The van der Waals surface area contributed by atoms with Crippen molar-refractivity contribution >= 4 is 92.4 Å². The summed E-state index contributed by atoms with van der Waals surface area (Å²) in [5, 5.41) is 12.0. The molecule has 0 fully saturated rings. The Kier molecular flexibility index (Phi) is 53.3. The number of rotatable bonds is 22. The van der Waals surface area contributed by atoms with E-state index in [1.807, 2.05) is 218 Å². The molecule has 9 nitrogen and oxygen atoms in total. The van der Waals surface area contributed by atoms with Crippen LogP contribution in [0.3, 0.4) is 0 Å². The Hall–Kier alpha value is -8.00. The van der Waals surface area contributed by atoms with E-state index in [1.165, 1.54) is 58.5 Å². The number of carbonyl (C=O) groups excluding carboxylic acids is 1. The number of ether oxygens (including phenoxy) is 1. The van der Waals surface area contributed by atoms with Gasteiger partial charge in [0.25, 0.3) is 5.91 Å². The van der Waals surface area contributed by atoms with Crippen molar-refractivity contribution in [3.05, 3.63) is 324 Å². The quantitative estimate of drug-likeness (QED) is 0.0691. The smallest absolute Gasteiger partial charge is 0.258 e. The number of nitrogens with zero attached hydrogens (tertiary/aromatic N) is 4. The average Bonchev–Trinajstić information content (AvgIpc) is 1.25. The van der Waals surface area contributed by atoms with E-state index < -0.39 is 0 Å². The molecule has 0 saturated heterocycles. The maximum absolute atomic E-state index is 12.5. The fourth-order valence-electron chi connectivity index (χ4n) is 9.49. The summed E-state index contributed by atoms with van der Waals surface area (Å²) in [7, 11) is 0. The van der Waals surface area contributed by atoms with Crippen LogP contribution in [0.2, 0.25) is 25.1 Å². The number of anilines is 3. The molecular formula is C93H120Cl5FN6O3S. The lowest BCUT2D eigenvalue weighted by Crippen LogP contribution is -2.31. The largest absolute Gasteiger partial charge is 0.494 e. The Morgan fingerprint density at radius 3 is 1.50 bits per heavy atom. The number of benzene rings is 7. The summed E-state index contributed by atoms with van der Waals surface area (Å²) < 4.78 is 22.7. The fourth-order valence-corrected chi connectivity index (χ4v) is 11.1. The summed E-state index contributed by atoms with van der Waals surface area (Å²) in [6, 6.07) is 69.1. The van der Waals surface area contributed by atoms with Crippen LogP contribution in [0, 0.1) is 5.82 Å². The maximum atomic E-state index is 12.5. The van der Waals surface area contributed by atoms with Crippen LogP contribution < -0.4 is 20.3 Å². The molecule has 6 atom stereocenters. The standard InChI is InChI=1S/C16H17NO.C10H12Cl2.C10H13Cl.C10H13F.C9H13N.C8H10ClN.C8H9ClO.C8H12S.C7H10N2.C7H11NO/c1-2-13-17(15-11-7-4-8-12-15)16(18)14-9-5-3-6-10-14;1-3-7(2)8-4-5-9(11)10(12)6-8;1-3-8(2)9-5-4-6-10(11)7-9;1-3-8(2)9-4-6-10(11)7-5-9;1-3-8(2)9-5-4-6-10-7-9;2*1-2-10-8-5-3-7(9)4-6-8;1-3-7(2)8-5-4-6-9-8;1-2-8-7-5-3-4-6-9-7;1-3-6(2)7-8-4-5-9-7/h3-12H,2,13H2,1H3;4-7H,3H2,1-2H3;2*4-8H,3H2,1-2H3;4-8H,3H2,1-2H3;3-6,10H,2H2,1H3;3-6H,2H2,1H3;4-7H,3H2,1-2H3;3-6H,2H2,1H3,(H,8,9);4-6H,3H2,1-2H3. The molecule has 0 bridgehead atoms. The Labute approximate surface area is 683 Å². The van der Waals surface area contributed by atoms with Gasteiger partial charge in [-0.2, -0.15) is 0 Å². The summed E-state index contributed by atoms with van der Waals surface area (Å²) in [6.07, 6.45) is 16.7. The molecular weight excluding hydrogens is 1480 g/mol. The van der Waals surface area contributed by atoms with Gasteiger partial charge in [-0.25, -0.2) is 14.4 Å². The Balaban J connectivity index is 0.000000414. The highest BCUT2D eigenvalue weighted by Crippen LogP contribution is 2.29. The van der Waals surface area contributed by atoms with Crippen molar-refractivity contribution in [1.29, 1.82) is 0 Å². The molecule has 1 amide bonds. The molecule has 2 N–H and O–H groups in total. The van der Waals surface area contributed by atoms with Crippen LogP contribution in [0.15, 0.2) is 259 Å². The number of halogens is 6. The molecule has 4 heterocycles. The van der Waals surface area contributed by atoms with E-state index in [1.54, 1.807) is 18.7 Å². The second-order valence-corrected chi connectivity index (χ2v) is 28.7. The molecule has 16 heteroatoms. The predicted octanol–water partition coefficient (Wildman–Crippen LogP) is 30.5. The Morgan fingerprint density at radius 1 is 0.477 bits per heavy atom. The van der Waals surface area contributed by atoms with E-state index in [2.05, 4.69) is 159 Å². The van der Waals surface area contributed by atoms with E-state index in [0.717, 1.165) is 101 Å². The lowest BCUT2D eigenvalue weighted by Gasteiger charge is -2.22. The zero-order chi connectivity index (χ0) is 80.6. The summed E-state index contributed by atoms with van der Waals surface area (Å²) >= 11 is 30.7. The van der Waals surface area contributed by atoms with Crippen LogP contribution in [0.5, 0.6) is 5.75 Å². The van der Waals surface area contributed by atoms with Gasteiger partial charge in [-0.05, 0) is 256 Å². The van der Waals surface area contributed by atoms with Crippen LogP contribution in [0.25, 0.3) is 0 Å². The highest BCUT2D eigenvalue weighted by Gasteiger charge is 2.16. The molecule has 109 heavy (non-hydrogen) atoms. The van der Waals surface area contributed by atoms with Gasteiger partial charge >= 0.3 is 0 Å². The SMILES string of the molecule is CCC(C)c1ccc(Cl)c(Cl)c1.CCC(C)c1ccc(F)cc1.CCC(C)c1cccc(Cl)c1.CCC(C)c1cccnc1.CCC(C)c1cccs1.CCC(C)c1ncco1.CCCN(C(=O)c1ccccc1)c1ccccc1.CCNc1ccc(Cl)cc1.CCNc1ccccn1.CCOc1ccc(Cl)cc1. The minimum Gasteiger partial charge on any atom is -0.494 e. The summed E-state index contributed by atoms with van der Waals surface area (Å²) in [5.74, 6) is 6.13. The number of aromatic nitrogens is 3. The Morgan fingerprint density at radius 2 is 1.02 bits per heavy atom. The van der Waals surface area contributed by atoms with Gasteiger partial charge in [0, 0.05) is 81.0 Å². The third-order valence-electron chi connectivity index (χ3n) is 17.4. The first kappa shape index (κ1) is 97.1. The first-order valence-corrected chi connectivity index (χ1v) is 41.1. The van der Waals surface area contributed by atoms with Crippen molar-refractivity contribution in [3.8, 4) is 5.75 Å². The van der Waals surface area contributed by atoms with Gasteiger partial charge < -0.3 is 24.7 Å². The molecule has 0 aliphatic heterocycles. The molecule has 6 unspecified atom stereocenters. The van der Waals surface area contributed by atoms with Gasteiger partial charge in [-0.15, -0.1) is 11.3 Å². The number of nitrogens with one attached hydrogen (secondary N) is 2. The lowest BCUT2D eigenvalue weighted by molar-refractivity contribution is 0.0986. The number of oxazole rings is 1. The van der Waals surface area contributed by atoms with Gasteiger partial charge in [-0.3, -0.25) is 9.78 Å². The minimum absolute atomic E-state index is 0.0589. The average molecular weight is 1600 g/mol. The molecule has 0 saturated carbocycles. The number of para-hydroxylation sites is 1. The number of hydrogen-bond acceptors (Lipinski definition) is 9. The van der Waals surface area contributed by atoms with Crippen molar-refractivity contribution in [1.82, 2.24) is 15.0 Å². The number of carbonyl (C=O) groups is 1. The molecule has 7 aromatic carbocycles. The van der Waals surface area contributed by atoms with Gasteiger partial charge in [0.1, 0.15) is 23.6 Å². The van der Waals surface area contributed by atoms with E-state index in [9.17, 15) is 9.18 Å². The highest BCUT2D eigenvalue weighted by molar-refractivity contribution is 7.10. The van der Waals surface area contributed by atoms with Crippen molar-refractivity contribution in [2.75, 3.05) is 41.8 Å². The molecule has 11 rings (SSSR count). The van der Waals surface area contributed by atoms with Crippen LogP contribution in [0.4, 0.5) is 21.6 Å². The van der Waals surface area contributed by atoms with Crippen LogP contribution >= 0.6 is 69.3 Å². The summed E-state index contributed by atoms with van der Waals surface area (Å²) in [4.78, 5) is 27.9. The minimum atomic E-state index is -0.156. The summed E-state index contributed by atoms with van der Waals surface area (Å²) in [5.41, 5.74) is 7.95. The first-order valence-electron chi connectivity index (χ1n) is 38.3. The van der Waals surface area contributed by atoms with Gasteiger partial charge in [-0.1, -0.05) is 233 Å². The van der Waals surface area contributed by atoms with E-state index in [4.69, 9.17) is 67.2 Å². The molecule has 0 radical (unpaired) electrons. The maximum Gasteiger partial charge on any atom is 0.258 e. The first-order chi connectivity index (χ1) is 52.6. The number of amides is 1. The van der Waals surface area contributed by atoms with Crippen LogP contribution in [-0.2, 0) is 0 Å². The summed E-state index contributed by atoms with van der Waals surface area (Å²) in [6.45, 7) is 37.6. The van der Waals surface area contributed by atoms with Crippen LogP contribution in [0.1, 0.15) is 235 Å². The predicted molar refractivity (Wildman–Crippen MR) is 473 cm³/mol. The van der Waals surface area contributed by atoms with Crippen LogP contribution in [-0.4, -0.2) is 47.1 Å². The molecule has 588 valence electrons. The second-order valence-electron chi connectivity index (χ2n) is 25.6. The normalized spacial score (nSPS) is 11.6. The van der Waals surface area contributed by atoms with E-state index >= 15 is 0 Å². The van der Waals surface area contributed by atoms with Crippen molar-refractivity contribution in [2.24, 2.45) is 0 Å². The number of thiophene rings is 1.